The zero-order chi connectivity index (χ0) is 13.4. The second-order valence-corrected chi connectivity index (χ2v) is 4.70. The third-order valence-corrected chi connectivity index (χ3v) is 3.14. The van der Waals surface area contributed by atoms with Crippen LogP contribution in [0.4, 0.5) is 0 Å². The van der Waals surface area contributed by atoms with Crippen LogP contribution in [-0.2, 0) is 0 Å². The van der Waals surface area contributed by atoms with Crippen LogP contribution in [0.15, 0.2) is 18.3 Å². The second-order valence-electron chi connectivity index (χ2n) is 4.34. The molecule has 0 saturated heterocycles. The van der Waals surface area contributed by atoms with Gasteiger partial charge in [-0.3, -0.25) is 4.79 Å². The number of amides is 1. The summed E-state index contributed by atoms with van der Waals surface area (Å²) in [5, 5.41) is 0.292. The molecule has 0 aliphatic heterocycles. The van der Waals surface area contributed by atoms with Crippen LogP contribution >= 0.6 is 11.6 Å². The van der Waals surface area contributed by atoms with Crippen LogP contribution in [-0.4, -0.2) is 28.9 Å². The summed E-state index contributed by atoms with van der Waals surface area (Å²) in [5.74, 6) is -0.00463. The van der Waals surface area contributed by atoms with Crippen LogP contribution < -0.4 is 0 Å². The van der Waals surface area contributed by atoms with Crippen molar-refractivity contribution >= 4 is 17.5 Å². The minimum absolute atomic E-state index is 0.00463. The van der Waals surface area contributed by atoms with E-state index in [1.807, 2.05) is 4.90 Å². The van der Waals surface area contributed by atoms with E-state index in [2.05, 4.69) is 18.8 Å². The third-order valence-electron chi connectivity index (χ3n) is 2.84. The molecule has 1 aromatic rings. The fraction of sp³-hybridized carbons (Fsp3) is 0.571. The largest absolute Gasteiger partial charge is 0.339 e. The highest BCUT2D eigenvalue weighted by Crippen LogP contribution is 2.15. The monoisotopic (exact) mass is 268 g/mol. The first-order valence-corrected chi connectivity index (χ1v) is 6.98. The van der Waals surface area contributed by atoms with E-state index in [-0.39, 0.29) is 5.91 Å². The Kier molecular flexibility index (Phi) is 6.73. The SMILES string of the molecule is CCCCN(CCCC)C(=O)c1cccnc1Cl. The van der Waals surface area contributed by atoms with Crippen molar-refractivity contribution in [1.29, 1.82) is 0 Å². The molecule has 0 spiro atoms. The Balaban J connectivity index is 2.77. The summed E-state index contributed by atoms with van der Waals surface area (Å²) in [7, 11) is 0. The molecule has 0 aliphatic rings. The number of carbonyl (C=O) groups is 1. The number of carbonyl (C=O) groups excluding carboxylic acids is 1. The predicted molar refractivity (Wildman–Crippen MR) is 75.0 cm³/mol. The van der Waals surface area contributed by atoms with Crippen molar-refractivity contribution in [2.75, 3.05) is 13.1 Å². The van der Waals surface area contributed by atoms with Crippen molar-refractivity contribution in [3.63, 3.8) is 0 Å². The molecule has 0 radical (unpaired) electrons. The summed E-state index contributed by atoms with van der Waals surface area (Å²) in [6, 6.07) is 3.49. The number of nitrogens with zero attached hydrogens (tertiary/aromatic N) is 2. The molecule has 0 N–H and O–H groups in total. The van der Waals surface area contributed by atoms with E-state index in [1.165, 1.54) is 0 Å². The molecule has 3 nitrogen and oxygen atoms in total. The first kappa shape index (κ1) is 15.0. The van der Waals surface area contributed by atoms with Gasteiger partial charge in [-0.05, 0) is 25.0 Å². The molecule has 1 rings (SSSR count). The Morgan fingerprint density at radius 1 is 1.28 bits per heavy atom. The van der Waals surface area contributed by atoms with Gasteiger partial charge >= 0.3 is 0 Å². The van der Waals surface area contributed by atoms with Crippen LogP contribution in [0.3, 0.4) is 0 Å². The Morgan fingerprint density at radius 2 is 1.89 bits per heavy atom. The molecule has 100 valence electrons. The van der Waals surface area contributed by atoms with Gasteiger partial charge in [0.25, 0.3) is 5.91 Å². The second kappa shape index (κ2) is 8.09. The van der Waals surface area contributed by atoms with Crippen molar-refractivity contribution in [3.05, 3.63) is 29.0 Å². The zero-order valence-electron chi connectivity index (χ0n) is 11.2. The lowest BCUT2D eigenvalue weighted by molar-refractivity contribution is 0.0751. The number of halogens is 1. The van der Waals surface area contributed by atoms with E-state index >= 15 is 0 Å². The fourth-order valence-corrected chi connectivity index (χ4v) is 1.93. The Hall–Kier alpha value is -1.09. The fourth-order valence-electron chi connectivity index (χ4n) is 1.73. The number of rotatable bonds is 7. The number of pyridine rings is 1. The molecule has 0 aromatic carbocycles. The summed E-state index contributed by atoms with van der Waals surface area (Å²) in [6.07, 6.45) is 5.80. The molecule has 0 unspecified atom stereocenters. The lowest BCUT2D eigenvalue weighted by Crippen LogP contribution is -2.33. The van der Waals surface area contributed by atoms with Crippen LogP contribution in [0.1, 0.15) is 49.9 Å². The molecular formula is C14H21ClN2O. The first-order chi connectivity index (χ1) is 8.70. The van der Waals surface area contributed by atoms with Gasteiger partial charge in [0.2, 0.25) is 0 Å². The van der Waals surface area contributed by atoms with E-state index in [0.717, 1.165) is 38.8 Å². The predicted octanol–water partition coefficient (Wildman–Crippen LogP) is 3.78. The van der Waals surface area contributed by atoms with Crippen molar-refractivity contribution in [3.8, 4) is 0 Å². The average molecular weight is 269 g/mol. The summed E-state index contributed by atoms with van der Waals surface area (Å²) in [4.78, 5) is 18.2. The van der Waals surface area contributed by atoms with Crippen molar-refractivity contribution in [2.24, 2.45) is 0 Å². The van der Waals surface area contributed by atoms with Crippen molar-refractivity contribution in [1.82, 2.24) is 9.88 Å². The van der Waals surface area contributed by atoms with Gasteiger partial charge in [0, 0.05) is 19.3 Å². The summed E-state index contributed by atoms with van der Waals surface area (Å²) >= 11 is 5.97. The quantitative estimate of drug-likeness (QED) is 0.705. The van der Waals surface area contributed by atoms with E-state index in [9.17, 15) is 4.79 Å². The molecule has 0 atom stereocenters. The number of hydrogen-bond acceptors (Lipinski definition) is 2. The summed E-state index contributed by atoms with van der Waals surface area (Å²) in [5.41, 5.74) is 0.506. The first-order valence-electron chi connectivity index (χ1n) is 6.60. The van der Waals surface area contributed by atoms with E-state index in [4.69, 9.17) is 11.6 Å². The van der Waals surface area contributed by atoms with Crippen LogP contribution in [0.5, 0.6) is 0 Å². The third kappa shape index (κ3) is 4.30. The van der Waals surface area contributed by atoms with Gasteiger partial charge < -0.3 is 4.90 Å². The number of unbranched alkanes of at least 4 members (excludes halogenated alkanes) is 2. The lowest BCUT2D eigenvalue weighted by atomic mass is 10.2. The summed E-state index contributed by atoms with van der Waals surface area (Å²) < 4.78 is 0. The van der Waals surface area contributed by atoms with Gasteiger partial charge in [0.15, 0.2) is 0 Å². The van der Waals surface area contributed by atoms with Gasteiger partial charge in [-0.25, -0.2) is 4.98 Å². The van der Waals surface area contributed by atoms with Crippen LogP contribution in [0.25, 0.3) is 0 Å². The molecule has 18 heavy (non-hydrogen) atoms. The molecule has 1 heterocycles. The maximum atomic E-state index is 12.4. The highest BCUT2D eigenvalue weighted by Gasteiger charge is 2.17. The topological polar surface area (TPSA) is 33.2 Å². The molecule has 0 bridgehead atoms. The molecular weight excluding hydrogens is 248 g/mol. The summed E-state index contributed by atoms with van der Waals surface area (Å²) in [6.45, 7) is 5.83. The molecule has 1 amide bonds. The highest BCUT2D eigenvalue weighted by atomic mass is 35.5. The molecule has 0 fully saturated rings. The van der Waals surface area contributed by atoms with Gasteiger partial charge in [-0.2, -0.15) is 0 Å². The van der Waals surface area contributed by atoms with E-state index in [0.29, 0.717) is 10.7 Å². The average Bonchev–Trinajstić information content (AvgIpc) is 2.39. The molecule has 0 aliphatic carbocycles. The van der Waals surface area contributed by atoms with Gasteiger partial charge in [-0.1, -0.05) is 38.3 Å². The Labute approximate surface area is 114 Å². The normalized spacial score (nSPS) is 10.4. The van der Waals surface area contributed by atoms with E-state index in [1.54, 1.807) is 18.3 Å². The van der Waals surface area contributed by atoms with Crippen molar-refractivity contribution < 1.29 is 4.79 Å². The molecule has 4 heteroatoms. The minimum atomic E-state index is -0.00463. The Bertz CT molecular complexity index is 374. The highest BCUT2D eigenvalue weighted by molar-refractivity contribution is 6.32. The Morgan fingerprint density at radius 3 is 2.39 bits per heavy atom. The minimum Gasteiger partial charge on any atom is -0.339 e. The zero-order valence-corrected chi connectivity index (χ0v) is 11.9. The number of aromatic nitrogens is 1. The van der Waals surface area contributed by atoms with Gasteiger partial charge in [0.1, 0.15) is 5.15 Å². The standard InChI is InChI=1S/C14H21ClN2O/c1-3-5-10-17(11-6-4-2)14(18)12-8-7-9-16-13(12)15/h7-9H,3-6,10-11H2,1-2H3. The number of hydrogen-bond donors (Lipinski definition) is 0. The van der Waals surface area contributed by atoms with E-state index < -0.39 is 0 Å². The molecule has 1 aromatic heterocycles. The van der Waals surface area contributed by atoms with Crippen LogP contribution in [0, 0.1) is 0 Å². The maximum Gasteiger partial charge on any atom is 0.256 e. The lowest BCUT2D eigenvalue weighted by Gasteiger charge is -2.22. The van der Waals surface area contributed by atoms with Gasteiger partial charge in [-0.15, -0.1) is 0 Å². The molecule has 0 saturated carbocycles. The van der Waals surface area contributed by atoms with Crippen molar-refractivity contribution in [2.45, 2.75) is 39.5 Å². The van der Waals surface area contributed by atoms with Crippen LogP contribution in [0.2, 0.25) is 5.15 Å². The smallest absolute Gasteiger partial charge is 0.256 e. The van der Waals surface area contributed by atoms with Gasteiger partial charge in [0.05, 0.1) is 5.56 Å². The maximum absolute atomic E-state index is 12.4.